The fourth-order valence-electron chi connectivity index (χ4n) is 2.87. The van der Waals surface area contributed by atoms with Crippen molar-refractivity contribution in [3.05, 3.63) is 84.4 Å². The molecule has 0 saturated carbocycles. The second kappa shape index (κ2) is 11.6. The lowest BCUT2D eigenvalue weighted by Gasteiger charge is -2.11. The van der Waals surface area contributed by atoms with Crippen LogP contribution >= 0.6 is 0 Å². The summed E-state index contributed by atoms with van der Waals surface area (Å²) >= 11 is 0. The van der Waals surface area contributed by atoms with Crippen molar-refractivity contribution < 1.29 is 28.8 Å². The number of carboxylic acids is 1. The van der Waals surface area contributed by atoms with Gasteiger partial charge in [-0.3, -0.25) is 0 Å². The van der Waals surface area contributed by atoms with Gasteiger partial charge in [0.15, 0.2) is 6.10 Å². The minimum atomic E-state index is -0.971. The fraction of sp³-hybridized carbons (Fsp3) is 0.240. The van der Waals surface area contributed by atoms with E-state index in [1.807, 2.05) is 78.9 Å². The van der Waals surface area contributed by atoms with E-state index in [1.54, 1.807) is 0 Å². The Morgan fingerprint density at radius 3 is 1.84 bits per heavy atom. The standard InChI is InChI=1S/C25H26O6/c1-28-24(25(26)27)18-19-8-10-20(11-9-19)29-16-5-17-30-21-12-14-23(15-13-21)31-22-6-3-2-4-7-22/h2-4,6-15,24H,5,16-18H2,1H3,(H,26,27)/t24-/m1/s1. The van der Waals surface area contributed by atoms with Gasteiger partial charge < -0.3 is 24.1 Å². The van der Waals surface area contributed by atoms with Crippen molar-refractivity contribution in [3.8, 4) is 23.0 Å². The summed E-state index contributed by atoms with van der Waals surface area (Å²) in [5.74, 6) is 2.08. The highest BCUT2D eigenvalue weighted by atomic mass is 16.5. The molecular formula is C25H26O6. The SMILES string of the molecule is CO[C@H](Cc1ccc(OCCCOc2ccc(Oc3ccccc3)cc2)cc1)C(=O)O. The van der Waals surface area contributed by atoms with Crippen molar-refractivity contribution in [2.75, 3.05) is 20.3 Å². The second-order valence-electron chi connectivity index (χ2n) is 6.85. The summed E-state index contributed by atoms with van der Waals surface area (Å²) in [4.78, 5) is 11.0. The predicted molar refractivity (Wildman–Crippen MR) is 117 cm³/mol. The zero-order chi connectivity index (χ0) is 21.9. The Kier molecular flexibility index (Phi) is 8.31. The molecule has 0 aliphatic rings. The molecule has 3 aromatic carbocycles. The minimum Gasteiger partial charge on any atom is -0.493 e. The van der Waals surface area contributed by atoms with Crippen LogP contribution in [0.3, 0.4) is 0 Å². The lowest BCUT2D eigenvalue weighted by atomic mass is 10.1. The molecule has 31 heavy (non-hydrogen) atoms. The van der Waals surface area contributed by atoms with Crippen LogP contribution in [0.15, 0.2) is 78.9 Å². The summed E-state index contributed by atoms with van der Waals surface area (Å²) in [5.41, 5.74) is 0.879. The van der Waals surface area contributed by atoms with Crippen LogP contribution in [0.4, 0.5) is 0 Å². The van der Waals surface area contributed by atoms with Crippen LogP contribution in [0.2, 0.25) is 0 Å². The first-order valence-corrected chi connectivity index (χ1v) is 10.1. The van der Waals surface area contributed by atoms with Crippen LogP contribution in [0.1, 0.15) is 12.0 Å². The van der Waals surface area contributed by atoms with Gasteiger partial charge in [0.2, 0.25) is 0 Å². The summed E-state index contributed by atoms with van der Waals surface area (Å²) in [6, 6.07) is 24.5. The summed E-state index contributed by atoms with van der Waals surface area (Å²) in [7, 11) is 1.39. The molecule has 0 aliphatic carbocycles. The third-order valence-corrected chi connectivity index (χ3v) is 4.53. The number of para-hydroxylation sites is 1. The maximum absolute atomic E-state index is 11.0. The number of rotatable bonds is 12. The van der Waals surface area contributed by atoms with Crippen LogP contribution in [-0.4, -0.2) is 37.5 Å². The van der Waals surface area contributed by atoms with Gasteiger partial charge in [-0.25, -0.2) is 4.79 Å². The molecule has 0 amide bonds. The molecule has 0 spiro atoms. The maximum atomic E-state index is 11.0. The lowest BCUT2D eigenvalue weighted by Crippen LogP contribution is -2.24. The number of hydrogen-bond acceptors (Lipinski definition) is 5. The van der Waals surface area contributed by atoms with E-state index in [0.29, 0.717) is 19.6 Å². The lowest BCUT2D eigenvalue weighted by molar-refractivity contribution is -0.148. The molecule has 0 fully saturated rings. The van der Waals surface area contributed by atoms with Gasteiger partial charge in [0, 0.05) is 20.0 Å². The van der Waals surface area contributed by atoms with Crippen LogP contribution in [0.25, 0.3) is 0 Å². The summed E-state index contributed by atoms with van der Waals surface area (Å²) < 4.78 is 22.2. The average molecular weight is 422 g/mol. The fourth-order valence-corrected chi connectivity index (χ4v) is 2.87. The molecule has 0 saturated heterocycles. The topological polar surface area (TPSA) is 74.2 Å². The van der Waals surface area contributed by atoms with Crippen molar-refractivity contribution in [2.45, 2.75) is 18.9 Å². The zero-order valence-corrected chi connectivity index (χ0v) is 17.4. The average Bonchev–Trinajstić information content (AvgIpc) is 2.80. The van der Waals surface area contributed by atoms with Gasteiger partial charge in [-0.1, -0.05) is 30.3 Å². The monoisotopic (exact) mass is 422 g/mol. The zero-order valence-electron chi connectivity index (χ0n) is 17.4. The van der Waals surface area contributed by atoms with Gasteiger partial charge >= 0.3 is 5.97 Å². The summed E-state index contributed by atoms with van der Waals surface area (Å²) in [5, 5.41) is 9.04. The number of methoxy groups -OCH3 is 1. The summed E-state index contributed by atoms with van der Waals surface area (Å²) in [6.07, 6.45) is 0.201. The maximum Gasteiger partial charge on any atom is 0.333 e. The van der Waals surface area contributed by atoms with E-state index in [1.165, 1.54) is 7.11 Å². The second-order valence-corrected chi connectivity index (χ2v) is 6.85. The van der Waals surface area contributed by atoms with Crippen molar-refractivity contribution in [1.29, 1.82) is 0 Å². The van der Waals surface area contributed by atoms with Gasteiger partial charge in [0.05, 0.1) is 13.2 Å². The molecule has 1 N–H and O–H groups in total. The highest BCUT2D eigenvalue weighted by Gasteiger charge is 2.16. The smallest absolute Gasteiger partial charge is 0.333 e. The number of benzene rings is 3. The molecule has 6 nitrogen and oxygen atoms in total. The molecule has 162 valence electrons. The molecule has 0 unspecified atom stereocenters. The van der Waals surface area contributed by atoms with E-state index in [2.05, 4.69) is 0 Å². The molecule has 0 radical (unpaired) electrons. The Morgan fingerprint density at radius 1 is 0.774 bits per heavy atom. The van der Waals surface area contributed by atoms with Crippen molar-refractivity contribution in [3.63, 3.8) is 0 Å². The molecule has 0 bridgehead atoms. The molecule has 0 aromatic heterocycles. The molecule has 6 heteroatoms. The van der Waals surface area contributed by atoms with E-state index < -0.39 is 12.1 Å². The van der Waals surface area contributed by atoms with Crippen LogP contribution in [-0.2, 0) is 16.0 Å². The number of ether oxygens (including phenoxy) is 4. The number of hydrogen-bond donors (Lipinski definition) is 1. The molecule has 3 rings (SSSR count). The van der Waals surface area contributed by atoms with Gasteiger partial charge in [-0.05, 0) is 54.1 Å². The van der Waals surface area contributed by atoms with Crippen LogP contribution < -0.4 is 14.2 Å². The minimum absolute atomic E-state index is 0.315. The van der Waals surface area contributed by atoms with Crippen molar-refractivity contribution in [2.24, 2.45) is 0 Å². The van der Waals surface area contributed by atoms with E-state index in [4.69, 9.17) is 24.1 Å². The Morgan fingerprint density at radius 2 is 1.29 bits per heavy atom. The first-order valence-electron chi connectivity index (χ1n) is 10.1. The number of aliphatic carboxylic acids is 1. The molecule has 0 heterocycles. The van der Waals surface area contributed by atoms with Crippen molar-refractivity contribution in [1.82, 2.24) is 0 Å². The highest BCUT2D eigenvalue weighted by molar-refractivity contribution is 5.72. The van der Waals surface area contributed by atoms with Crippen LogP contribution in [0, 0.1) is 0 Å². The molecule has 0 aliphatic heterocycles. The quantitative estimate of drug-likeness (QED) is 0.416. The van der Waals surface area contributed by atoms with E-state index in [-0.39, 0.29) is 0 Å². The van der Waals surface area contributed by atoms with E-state index >= 15 is 0 Å². The van der Waals surface area contributed by atoms with Gasteiger partial charge in [0.25, 0.3) is 0 Å². The van der Waals surface area contributed by atoms with Gasteiger partial charge in [0.1, 0.15) is 23.0 Å². The highest BCUT2D eigenvalue weighted by Crippen LogP contribution is 2.23. The first kappa shape index (κ1) is 22.2. The number of carbonyl (C=O) groups is 1. The van der Waals surface area contributed by atoms with Gasteiger partial charge in [-0.15, -0.1) is 0 Å². The Labute approximate surface area is 182 Å². The van der Waals surface area contributed by atoms with Crippen LogP contribution in [0.5, 0.6) is 23.0 Å². The first-order chi connectivity index (χ1) is 15.1. The largest absolute Gasteiger partial charge is 0.493 e. The Hall–Kier alpha value is -3.51. The normalized spacial score (nSPS) is 11.5. The molecule has 1 atom stereocenters. The summed E-state index contributed by atoms with van der Waals surface area (Å²) in [6.45, 7) is 1.05. The Balaban J connectivity index is 1.35. The molecule has 3 aromatic rings. The third-order valence-electron chi connectivity index (χ3n) is 4.53. The Bertz CT molecular complexity index is 922. The number of carboxylic acid groups (broad SMARTS) is 1. The van der Waals surface area contributed by atoms with E-state index in [0.717, 1.165) is 35.0 Å². The molecular weight excluding hydrogens is 396 g/mol. The van der Waals surface area contributed by atoms with Crippen molar-refractivity contribution >= 4 is 5.97 Å². The van der Waals surface area contributed by atoms with E-state index in [9.17, 15) is 4.79 Å². The third kappa shape index (κ3) is 7.35. The van der Waals surface area contributed by atoms with Gasteiger partial charge in [-0.2, -0.15) is 0 Å². The predicted octanol–water partition coefficient (Wildman–Crippen LogP) is 4.97.